The second-order valence-electron chi connectivity index (χ2n) is 6.45. The van der Waals surface area contributed by atoms with Gasteiger partial charge in [-0.15, -0.1) is 11.3 Å². The molecule has 0 bridgehead atoms. The summed E-state index contributed by atoms with van der Waals surface area (Å²) in [6, 6.07) is 6.94. The van der Waals surface area contributed by atoms with Gasteiger partial charge in [-0.3, -0.25) is 0 Å². The summed E-state index contributed by atoms with van der Waals surface area (Å²) in [5.74, 6) is 0. The predicted octanol–water partition coefficient (Wildman–Crippen LogP) is 4.26. The highest BCUT2D eigenvalue weighted by molar-refractivity contribution is 7.10. The fourth-order valence-electron chi connectivity index (χ4n) is 2.53. The minimum absolute atomic E-state index is 0.0612. The van der Waals surface area contributed by atoms with Crippen LogP contribution in [0.5, 0.6) is 0 Å². The molecule has 1 aromatic carbocycles. The highest BCUT2D eigenvalue weighted by atomic mass is 32.1. The maximum Gasteiger partial charge on any atom is 0.418 e. The number of urea groups is 1. The quantitative estimate of drug-likeness (QED) is 0.762. The number of anilines is 2. The smallest absolute Gasteiger partial charge is 0.378 e. The van der Waals surface area contributed by atoms with E-state index < -0.39 is 17.8 Å². The van der Waals surface area contributed by atoms with Crippen LogP contribution in [0.25, 0.3) is 0 Å². The van der Waals surface area contributed by atoms with E-state index in [0.717, 1.165) is 10.9 Å². The van der Waals surface area contributed by atoms with Gasteiger partial charge < -0.3 is 20.4 Å². The first-order chi connectivity index (χ1) is 12.6. The molecule has 0 saturated heterocycles. The Morgan fingerprint density at radius 1 is 1.19 bits per heavy atom. The van der Waals surface area contributed by atoms with Crippen molar-refractivity contribution in [3.8, 4) is 0 Å². The number of benzene rings is 1. The van der Waals surface area contributed by atoms with E-state index in [1.54, 1.807) is 30.3 Å². The first-order valence-corrected chi connectivity index (χ1v) is 9.11. The summed E-state index contributed by atoms with van der Waals surface area (Å²) in [6.07, 6.45) is -4.57. The van der Waals surface area contributed by atoms with Crippen LogP contribution in [0.4, 0.5) is 29.3 Å². The molecule has 0 aliphatic heterocycles. The third-order valence-corrected chi connectivity index (χ3v) is 5.00. The molecule has 5 nitrogen and oxygen atoms in total. The van der Waals surface area contributed by atoms with E-state index in [9.17, 15) is 18.0 Å². The van der Waals surface area contributed by atoms with Crippen molar-refractivity contribution in [2.75, 3.05) is 45.0 Å². The largest absolute Gasteiger partial charge is 0.418 e. The van der Waals surface area contributed by atoms with Crippen LogP contribution in [0.1, 0.15) is 16.5 Å². The first-order valence-electron chi connectivity index (χ1n) is 8.23. The second-order valence-corrected chi connectivity index (χ2v) is 7.43. The molecule has 2 amide bonds. The van der Waals surface area contributed by atoms with E-state index in [1.807, 2.05) is 36.5 Å². The molecule has 0 spiro atoms. The first kappa shape index (κ1) is 21.0. The normalized spacial score (nSPS) is 12.7. The van der Waals surface area contributed by atoms with E-state index in [4.69, 9.17) is 0 Å². The molecule has 27 heavy (non-hydrogen) atoms. The Morgan fingerprint density at radius 3 is 2.41 bits per heavy atom. The standard InChI is InChI=1S/C18H23F3N4OS/c1-24(2)12-7-8-14(13(10-12)18(19,20)21)23-17(26)22-11-15(25(3)4)16-6-5-9-27-16/h5-10,15H,11H2,1-4H3,(H2,22,23,26)/t15-/m0/s1. The van der Waals surface area contributed by atoms with Crippen molar-refractivity contribution in [3.05, 3.63) is 46.2 Å². The molecule has 1 atom stereocenters. The molecule has 0 saturated carbocycles. The van der Waals surface area contributed by atoms with Gasteiger partial charge in [0.2, 0.25) is 0 Å². The average Bonchev–Trinajstić information content (AvgIpc) is 3.08. The van der Waals surface area contributed by atoms with E-state index >= 15 is 0 Å². The summed E-state index contributed by atoms with van der Waals surface area (Å²) in [4.78, 5) is 16.8. The summed E-state index contributed by atoms with van der Waals surface area (Å²) in [6.45, 7) is 0.274. The molecule has 2 rings (SSSR count). The number of likely N-dealkylation sites (N-methyl/N-ethyl adjacent to an activating group) is 1. The van der Waals surface area contributed by atoms with Gasteiger partial charge in [-0.25, -0.2) is 4.79 Å². The van der Waals surface area contributed by atoms with Crippen molar-refractivity contribution < 1.29 is 18.0 Å². The number of rotatable bonds is 6. The molecule has 1 heterocycles. The highest BCUT2D eigenvalue weighted by Gasteiger charge is 2.34. The Hall–Kier alpha value is -2.26. The van der Waals surface area contributed by atoms with Gasteiger partial charge in [0.1, 0.15) is 0 Å². The topological polar surface area (TPSA) is 47.6 Å². The number of carbonyl (C=O) groups excluding carboxylic acids is 1. The number of hydrogen-bond donors (Lipinski definition) is 2. The van der Waals surface area contributed by atoms with Gasteiger partial charge in [0.05, 0.1) is 17.3 Å². The van der Waals surface area contributed by atoms with E-state index in [2.05, 4.69) is 10.6 Å². The Bertz CT molecular complexity index is 760. The number of alkyl halides is 3. The summed E-state index contributed by atoms with van der Waals surface area (Å²) >= 11 is 1.56. The average molecular weight is 400 g/mol. The second kappa shape index (κ2) is 8.62. The zero-order valence-electron chi connectivity index (χ0n) is 15.6. The lowest BCUT2D eigenvalue weighted by atomic mass is 10.1. The fourth-order valence-corrected chi connectivity index (χ4v) is 3.45. The van der Waals surface area contributed by atoms with Gasteiger partial charge in [0, 0.05) is 31.2 Å². The van der Waals surface area contributed by atoms with Gasteiger partial charge in [0.15, 0.2) is 0 Å². The zero-order chi connectivity index (χ0) is 20.2. The lowest BCUT2D eigenvalue weighted by molar-refractivity contribution is -0.136. The summed E-state index contributed by atoms with van der Waals surface area (Å²) in [7, 11) is 7.07. The lowest BCUT2D eigenvalue weighted by Gasteiger charge is -2.24. The Balaban J connectivity index is 2.11. The van der Waals surface area contributed by atoms with Gasteiger partial charge in [0.25, 0.3) is 0 Å². The molecule has 9 heteroatoms. The van der Waals surface area contributed by atoms with E-state index in [-0.39, 0.29) is 18.3 Å². The van der Waals surface area contributed by atoms with Crippen molar-refractivity contribution in [2.24, 2.45) is 0 Å². The van der Waals surface area contributed by atoms with Crippen molar-refractivity contribution in [3.63, 3.8) is 0 Å². The Morgan fingerprint density at radius 2 is 1.89 bits per heavy atom. The van der Waals surface area contributed by atoms with Gasteiger partial charge in [-0.1, -0.05) is 6.07 Å². The predicted molar refractivity (Wildman–Crippen MR) is 104 cm³/mol. The van der Waals surface area contributed by atoms with E-state index in [1.165, 1.54) is 12.1 Å². The van der Waals surface area contributed by atoms with Crippen LogP contribution >= 0.6 is 11.3 Å². The lowest BCUT2D eigenvalue weighted by Crippen LogP contribution is -2.37. The van der Waals surface area contributed by atoms with Crippen LogP contribution < -0.4 is 15.5 Å². The van der Waals surface area contributed by atoms with Crippen molar-refractivity contribution in [1.82, 2.24) is 10.2 Å². The van der Waals surface area contributed by atoms with Crippen LogP contribution in [0.2, 0.25) is 0 Å². The minimum Gasteiger partial charge on any atom is -0.378 e. The maximum atomic E-state index is 13.4. The van der Waals surface area contributed by atoms with Crippen LogP contribution in [0.15, 0.2) is 35.7 Å². The van der Waals surface area contributed by atoms with Crippen molar-refractivity contribution in [2.45, 2.75) is 12.2 Å². The third kappa shape index (κ3) is 5.61. The summed E-state index contributed by atoms with van der Waals surface area (Å²) in [5.41, 5.74) is -0.756. The molecule has 0 aliphatic rings. The molecule has 0 radical (unpaired) electrons. The number of thiophene rings is 1. The molecule has 2 aromatic rings. The molecule has 0 aliphatic carbocycles. The van der Waals surface area contributed by atoms with E-state index in [0.29, 0.717) is 5.69 Å². The number of hydrogen-bond acceptors (Lipinski definition) is 4. The highest BCUT2D eigenvalue weighted by Crippen LogP contribution is 2.37. The molecular formula is C18H23F3N4OS. The third-order valence-electron chi connectivity index (χ3n) is 4.02. The molecule has 2 N–H and O–H groups in total. The molecule has 1 aromatic heterocycles. The SMILES string of the molecule is CN(C)c1ccc(NC(=O)NC[C@@H](c2cccs2)N(C)C)c(C(F)(F)F)c1. The number of nitrogens with one attached hydrogen (secondary N) is 2. The van der Waals surface area contributed by atoms with Crippen LogP contribution in [0, 0.1) is 0 Å². The van der Waals surface area contributed by atoms with Crippen molar-refractivity contribution >= 4 is 28.7 Å². The molecule has 148 valence electrons. The number of nitrogens with zero attached hydrogens (tertiary/aromatic N) is 2. The summed E-state index contributed by atoms with van der Waals surface area (Å²) in [5, 5.41) is 6.91. The van der Waals surface area contributed by atoms with Crippen LogP contribution in [-0.4, -0.2) is 45.7 Å². The fraction of sp³-hybridized carbons (Fsp3) is 0.389. The zero-order valence-corrected chi connectivity index (χ0v) is 16.4. The van der Waals surface area contributed by atoms with Crippen molar-refractivity contribution in [1.29, 1.82) is 0 Å². The number of amides is 2. The number of halogens is 3. The van der Waals surface area contributed by atoms with Gasteiger partial charge >= 0.3 is 12.2 Å². The van der Waals surface area contributed by atoms with Gasteiger partial charge in [-0.2, -0.15) is 13.2 Å². The van der Waals surface area contributed by atoms with Crippen LogP contribution in [0.3, 0.4) is 0 Å². The van der Waals surface area contributed by atoms with Gasteiger partial charge in [-0.05, 0) is 43.7 Å². The molecule has 0 fully saturated rings. The monoisotopic (exact) mass is 400 g/mol. The number of carbonyl (C=O) groups is 1. The Labute approximate surface area is 160 Å². The minimum atomic E-state index is -4.57. The molecular weight excluding hydrogens is 377 g/mol. The Kier molecular flexibility index (Phi) is 6.72. The maximum absolute atomic E-state index is 13.4. The molecule has 0 unspecified atom stereocenters. The van der Waals surface area contributed by atoms with Crippen LogP contribution in [-0.2, 0) is 6.18 Å². The summed E-state index contributed by atoms with van der Waals surface area (Å²) < 4.78 is 40.1.